The van der Waals surface area contributed by atoms with Crippen molar-refractivity contribution >= 4 is 15.7 Å². The van der Waals surface area contributed by atoms with Gasteiger partial charge in [-0.05, 0) is 37.6 Å². The van der Waals surface area contributed by atoms with E-state index in [4.69, 9.17) is 0 Å². The fourth-order valence-corrected chi connectivity index (χ4v) is 3.22. The number of benzene rings is 1. The highest BCUT2D eigenvalue weighted by atomic mass is 32.2. The van der Waals surface area contributed by atoms with Gasteiger partial charge in [-0.15, -0.1) is 0 Å². The van der Waals surface area contributed by atoms with E-state index in [-0.39, 0.29) is 10.9 Å². The van der Waals surface area contributed by atoms with E-state index in [0.717, 1.165) is 28.9 Å². The topological polar surface area (TPSA) is 98.1 Å². The van der Waals surface area contributed by atoms with Crippen LogP contribution in [0, 0.1) is 5.82 Å². The summed E-state index contributed by atoms with van der Waals surface area (Å²) in [5.41, 5.74) is -0.613. The third-order valence-electron chi connectivity index (χ3n) is 3.54. The third kappa shape index (κ3) is 4.50. The molecule has 2 aromatic rings. The van der Waals surface area contributed by atoms with Crippen molar-refractivity contribution in [3.63, 3.8) is 0 Å². The highest BCUT2D eigenvalue weighted by Gasteiger charge is 2.21. The second kappa shape index (κ2) is 7.56. The Balaban J connectivity index is 2.35. The summed E-state index contributed by atoms with van der Waals surface area (Å²) in [6, 6.07) is 6.43. The highest BCUT2D eigenvalue weighted by Crippen LogP contribution is 2.18. The molecule has 134 valence electrons. The van der Waals surface area contributed by atoms with Gasteiger partial charge in [0, 0.05) is 12.1 Å². The molecule has 7 nitrogen and oxygen atoms in total. The van der Waals surface area contributed by atoms with Crippen LogP contribution in [-0.4, -0.2) is 30.1 Å². The molecular formula is C16H18FN3O4S. The Morgan fingerprint density at radius 3 is 2.68 bits per heavy atom. The van der Waals surface area contributed by atoms with Gasteiger partial charge in [0.1, 0.15) is 12.4 Å². The van der Waals surface area contributed by atoms with Gasteiger partial charge >= 0.3 is 0 Å². The second-order valence-corrected chi connectivity index (χ2v) is 7.40. The largest absolute Gasteiger partial charge is 0.352 e. The van der Waals surface area contributed by atoms with E-state index in [2.05, 4.69) is 10.4 Å². The summed E-state index contributed by atoms with van der Waals surface area (Å²) in [5, 5.41) is 5.98. The zero-order valence-electron chi connectivity index (χ0n) is 13.8. The summed E-state index contributed by atoms with van der Waals surface area (Å²) >= 11 is 0. The molecule has 2 rings (SSSR count). The van der Waals surface area contributed by atoms with Crippen LogP contribution in [0.1, 0.15) is 20.3 Å². The average Bonchev–Trinajstić information content (AvgIpc) is 2.56. The Kier molecular flexibility index (Phi) is 5.68. The molecule has 0 fully saturated rings. The molecule has 0 bridgehead atoms. The van der Waals surface area contributed by atoms with Gasteiger partial charge < -0.3 is 5.32 Å². The number of rotatable bonds is 6. The van der Waals surface area contributed by atoms with E-state index >= 15 is 0 Å². The Morgan fingerprint density at radius 1 is 1.32 bits per heavy atom. The Bertz CT molecular complexity index is 940. The Hall–Kier alpha value is -2.55. The molecule has 0 saturated carbocycles. The zero-order valence-corrected chi connectivity index (χ0v) is 14.6. The van der Waals surface area contributed by atoms with E-state index in [0.29, 0.717) is 6.42 Å². The molecule has 1 atom stereocenters. The molecule has 0 radical (unpaired) electrons. The lowest BCUT2D eigenvalue weighted by molar-refractivity contribution is -0.122. The van der Waals surface area contributed by atoms with Crippen LogP contribution in [0.15, 0.2) is 51.1 Å². The monoisotopic (exact) mass is 367 g/mol. The number of nitrogens with zero attached hydrogens (tertiary/aromatic N) is 2. The van der Waals surface area contributed by atoms with Gasteiger partial charge in [0.2, 0.25) is 15.7 Å². The standard InChI is InChI=1S/C16H18FN3O4S/c1-3-11(2)18-14(21)10-20-16(22)8-7-15(19-20)25(23,24)13-6-4-5-12(17)9-13/h4-9,11H,3,10H2,1-2H3,(H,18,21). The van der Waals surface area contributed by atoms with Crippen molar-refractivity contribution in [1.29, 1.82) is 0 Å². The smallest absolute Gasteiger partial charge is 0.267 e. The van der Waals surface area contributed by atoms with Crippen LogP contribution in [0.4, 0.5) is 4.39 Å². The van der Waals surface area contributed by atoms with Crippen LogP contribution in [0.5, 0.6) is 0 Å². The van der Waals surface area contributed by atoms with E-state index in [9.17, 15) is 22.4 Å². The maximum atomic E-state index is 13.3. The van der Waals surface area contributed by atoms with Gasteiger partial charge in [0.25, 0.3) is 5.56 Å². The van der Waals surface area contributed by atoms with Gasteiger partial charge in [-0.25, -0.2) is 17.5 Å². The minimum atomic E-state index is -4.11. The summed E-state index contributed by atoms with van der Waals surface area (Å²) < 4.78 is 39.1. The lowest BCUT2D eigenvalue weighted by atomic mass is 10.2. The van der Waals surface area contributed by atoms with Crippen molar-refractivity contribution in [2.45, 2.75) is 42.8 Å². The van der Waals surface area contributed by atoms with Gasteiger partial charge in [-0.1, -0.05) is 13.0 Å². The van der Waals surface area contributed by atoms with Crippen molar-refractivity contribution in [2.75, 3.05) is 0 Å². The maximum absolute atomic E-state index is 13.3. The first-order chi connectivity index (χ1) is 11.7. The SMILES string of the molecule is CCC(C)NC(=O)Cn1nc(S(=O)(=O)c2cccc(F)c2)ccc1=O. The number of amides is 1. The van der Waals surface area contributed by atoms with Crippen molar-refractivity contribution < 1.29 is 17.6 Å². The first-order valence-electron chi connectivity index (χ1n) is 7.62. The summed E-state index contributed by atoms with van der Waals surface area (Å²) in [5.74, 6) is -1.16. The zero-order chi connectivity index (χ0) is 18.6. The fourth-order valence-electron chi connectivity index (χ4n) is 2.00. The molecule has 0 aliphatic heterocycles. The quantitative estimate of drug-likeness (QED) is 0.825. The summed E-state index contributed by atoms with van der Waals surface area (Å²) in [6.45, 7) is 3.29. The number of hydrogen-bond acceptors (Lipinski definition) is 5. The predicted molar refractivity (Wildman–Crippen MR) is 88.2 cm³/mol. The normalized spacial score (nSPS) is 12.6. The molecular weight excluding hydrogens is 349 g/mol. The molecule has 9 heteroatoms. The van der Waals surface area contributed by atoms with Crippen molar-refractivity contribution in [1.82, 2.24) is 15.1 Å². The molecule has 1 aromatic heterocycles. The lowest BCUT2D eigenvalue weighted by Crippen LogP contribution is -2.38. The summed E-state index contributed by atoms with van der Waals surface area (Å²) in [7, 11) is -4.11. The van der Waals surface area contributed by atoms with Gasteiger partial charge in [-0.2, -0.15) is 5.10 Å². The molecule has 1 amide bonds. The van der Waals surface area contributed by atoms with Crippen LogP contribution in [0.2, 0.25) is 0 Å². The number of carbonyl (C=O) groups is 1. The maximum Gasteiger partial charge on any atom is 0.267 e. The molecule has 0 aliphatic carbocycles. The number of sulfone groups is 1. The molecule has 1 unspecified atom stereocenters. The van der Waals surface area contributed by atoms with E-state index in [1.165, 1.54) is 12.1 Å². The fraction of sp³-hybridized carbons (Fsp3) is 0.312. The number of aromatic nitrogens is 2. The number of carbonyl (C=O) groups excluding carboxylic acids is 1. The summed E-state index contributed by atoms with van der Waals surface area (Å²) in [4.78, 5) is 23.5. The molecule has 1 heterocycles. The first-order valence-corrected chi connectivity index (χ1v) is 9.10. The molecule has 0 saturated heterocycles. The average molecular weight is 367 g/mol. The predicted octanol–water partition coefficient (Wildman–Crippen LogP) is 1.13. The molecule has 0 spiro atoms. The lowest BCUT2D eigenvalue weighted by Gasteiger charge is -2.12. The number of hydrogen-bond donors (Lipinski definition) is 1. The molecule has 25 heavy (non-hydrogen) atoms. The summed E-state index contributed by atoms with van der Waals surface area (Å²) in [6.07, 6.45) is 0.710. The minimum Gasteiger partial charge on any atom is -0.352 e. The van der Waals surface area contributed by atoms with E-state index in [1.54, 1.807) is 6.92 Å². The van der Waals surface area contributed by atoms with Crippen LogP contribution in [0.3, 0.4) is 0 Å². The van der Waals surface area contributed by atoms with Crippen LogP contribution < -0.4 is 10.9 Å². The molecule has 1 N–H and O–H groups in total. The first kappa shape index (κ1) is 18.8. The molecule has 0 aliphatic rings. The van der Waals surface area contributed by atoms with Crippen LogP contribution in [0.25, 0.3) is 0 Å². The van der Waals surface area contributed by atoms with Gasteiger partial charge in [-0.3, -0.25) is 9.59 Å². The number of nitrogens with one attached hydrogen (secondary N) is 1. The Morgan fingerprint density at radius 2 is 2.04 bits per heavy atom. The number of halogens is 1. The highest BCUT2D eigenvalue weighted by molar-refractivity contribution is 7.91. The second-order valence-electron chi connectivity index (χ2n) is 5.51. The van der Waals surface area contributed by atoms with Crippen LogP contribution in [-0.2, 0) is 21.2 Å². The Labute approximate surface area is 144 Å². The van der Waals surface area contributed by atoms with Gasteiger partial charge in [0.05, 0.1) is 4.90 Å². The van der Waals surface area contributed by atoms with Gasteiger partial charge in [0.15, 0.2) is 5.03 Å². The molecule has 1 aromatic carbocycles. The van der Waals surface area contributed by atoms with E-state index in [1.807, 2.05) is 6.92 Å². The van der Waals surface area contributed by atoms with Crippen molar-refractivity contribution in [3.8, 4) is 0 Å². The van der Waals surface area contributed by atoms with Crippen molar-refractivity contribution in [2.24, 2.45) is 0 Å². The minimum absolute atomic E-state index is 0.0811. The third-order valence-corrected chi connectivity index (χ3v) is 5.18. The van der Waals surface area contributed by atoms with Crippen LogP contribution >= 0.6 is 0 Å². The van der Waals surface area contributed by atoms with Crippen molar-refractivity contribution in [3.05, 3.63) is 52.6 Å². The van der Waals surface area contributed by atoms with E-state index < -0.39 is 38.7 Å².